The largest absolute Gasteiger partial charge is 0.468 e. The van der Waals surface area contributed by atoms with Crippen LogP contribution in [0.25, 0.3) is 0 Å². The van der Waals surface area contributed by atoms with E-state index in [1.54, 1.807) is 0 Å². The van der Waals surface area contributed by atoms with E-state index < -0.39 is 0 Å². The molecular weight excluding hydrogens is 226 g/mol. The van der Waals surface area contributed by atoms with Crippen LogP contribution in [0.5, 0.6) is 6.01 Å². The number of carbonyl (C=O) groups is 1. The van der Waals surface area contributed by atoms with Crippen molar-refractivity contribution in [2.45, 2.75) is 19.9 Å². The second kappa shape index (κ2) is 5.88. The molecule has 0 spiro atoms. The van der Waals surface area contributed by atoms with Crippen LogP contribution in [0.3, 0.4) is 0 Å². The van der Waals surface area contributed by atoms with Gasteiger partial charge in [0.1, 0.15) is 5.82 Å². The summed E-state index contributed by atoms with van der Waals surface area (Å²) in [6.45, 7) is 1.93. The van der Waals surface area contributed by atoms with E-state index >= 15 is 0 Å². The summed E-state index contributed by atoms with van der Waals surface area (Å²) in [5.74, 6) is -0.233. The summed E-state index contributed by atoms with van der Waals surface area (Å²) in [5, 5.41) is 0. The number of esters is 1. The molecular formula is C10H15N3O4. The number of nitrogens with zero attached hydrogens (tertiary/aromatic N) is 2. The molecule has 0 saturated carbocycles. The molecule has 0 aliphatic rings. The van der Waals surface area contributed by atoms with Gasteiger partial charge < -0.3 is 15.2 Å². The summed E-state index contributed by atoms with van der Waals surface area (Å²) in [6, 6.07) is 1.37. The fourth-order valence-electron chi connectivity index (χ4n) is 1.30. The Hall–Kier alpha value is -2.05. The number of aromatic nitrogens is 2. The summed E-state index contributed by atoms with van der Waals surface area (Å²) in [6.07, 6.45) is 0.501. The zero-order valence-corrected chi connectivity index (χ0v) is 9.80. The summed E-state index contributed by atoms with van der Waals surface area (Å²) in [5.41, 5.74) is 5.13. The van der Waals surface area contributed by atoms with Crippen molar-refractivity contribution in [1.82, 2.24) is 9.55 Å². The molecule has 0 aliphatic carbocycles. The van der Waals surface area contributed by atoms with E-state index in [1.807, 2.05) is 0 Å². The predicted molar refractivity (Wildman–Crippen MR) is 60.7 cm³/mol. The molecule has 7 heteroatoms. The first-order valence-electron chi connectivity index (χ1n) is 5.09. The van der Waals surface area contributed by atoms with Gasteiger partial charge in [0.15, 0.2) is 0 Å². The van der Waals surface area contributed by atoms with Crippen molar-refractivity contribution in [2.24, 2.45) is 0 Å². The number of nitrogen functional groups attached to an aromatic ring is 1. The van der Waals surface area contributed by atoms with Gasteiger partial charge in [-0.2, -0.15) is 4.98 Å². The van der Waals surface area contributed by atoms with Crippen LogP contribution in [0.1, 0.15) is 13.3 Å². The molecule has 0 unspecified atom stereocenters. The summed E-state index contributed by atoms with van der Waals surface area (Å²) >= 11 is 0. The second-order valence-corrected chi connectivity index (χ2v) is 3.35. The maximum absolute atomic E-state index is 11.6. The predicted octanol–water partition coefficient (Wildman–Crippen LogP) is -0.213. The van der Waals surface area contributed by atoms with E-state index in [2.05, 4.69) is 4.98 Å². The van der Waals surface area contributed by atoms with Gasteiger partial charge >= 0.3 is 12.0 Å². The fraction of sp³-hybridized carbons (Fsp3) is 0.500. The molecule has 0 saturated heterocycles. The quantitative estimate of drug-likeness (QED) is 0.566. The molecule has 1 aromatic rings. The lowest BCUT2D eigenvalue weighted by Gasteiger charge is -2.10. The number of rotatable bonds is 5. The van der Waals surface area contributed by atoms with Crippen LogP contribution in [0, 0.1) is 0 Å². The first-order valence-corrected chi connectivity index (χ1v) is 5.09. The number of anilines is 1. The highest BCUT2D eigenvalue weighted by atomic mass is 16.5. The molecule has 0 aliphatic heterocycles. The van der Waals surface area contributed by atoms with Crippen LogP contribution in [-0.4, -0.2) is 29.2 Å². The first kappa shape index (κ1) is 13.0. The van der Waals surface area contributed by atoms with Gasteiger partial charge in [-0.15, -0.1) is 0 Å². The van der Waals surface area contributed by atoms with E-state index in [0.29, 0.717) is 13.0 Å². The number of methoxy groups -OCH3 is 1. The summed E-state index contributed by atoms with van der Waals surface area (Å²) < 4.78 is 11.0. The molecule has 0 atom stereocenters. The van der Waals surface area contributed by atoms with Crippen molar-refractivity contribution >= 4 is 11.8 Å². The number of nitrogens with two attached hydrogens (primary N) is 1. The van der Waals surface area contributed by atoms with E-state index in [4.69, 9.17) is 15.2 Å². The molecule has 0 bridgehead atoms. The van der Waals surface area contributed by atoms with Crippen LogP contribution < -0.4 is 16.0 Å². The van der Waals surface area contributed by atoms with E-state index in [9.17, 15) is 9.59 Å². The smallest absolute Gasteiger partial charge is 0.302 e. The maximum Gasteiger partial charge on any atom is 0.302 e. The van der Waals surface area contributed by atoms with Crippen molar-refractivity contribution < 1.29 is 14.3 Å². The Morgan fingerprint density at radius 1 is 1.59 bits per heavy atom. The molecule has 7 nitrogen and oxygen atoms in total. The highest BCUT2D eigenvalue weighted by molar-refractivity contribution is 5.65. The summed E-state index contributed by atoms with van der Waals surface area (Å²) in [4.78, 5) is 26.0. The van der Waals surface area contributed by atoms with Crippen molar-refractivity contribution in [3.63, 3.8) is 0 Å². The molecule has 0 fully saturated rings. The minimum atomic E-state index is -0.347. The van der Waals surface area contributed by atoms with Crippen molar-refractivity contribution in [2.75, 3.05) is 19.5 Å². The van der Waals surface area contributed by atoms with Crippen molar-refractivity contribution in [3.8, 4) is 6.01 Å². The minimum Gasteiger partial charge on any atom is -0.468 e. The third-order valence-electron chi connectivity index (χ3n) is 2.01. The van der Waals surface area contributed by atoms with Gasteiger partial charge in [0.05, 0.1) is 13.7 Å². The lowest BCUT2D eigenvalue weighted by atomic mass is 10.4. The maximum atomic E-state index is 11.6. The molecule has 0 amide bonds. The first-order chi connectivity index (χ1) is 8.04. The van der Waals surface area contributed by atoms with Gasteiger partial charge in [0.2, 0.25) is 0 Å². The molecule has 1 aromatic heterocycles. The van der Waals surface area contributed by atoms with Gasteiger partial charge in [-0.25, -0.2) is 0 Å². The Kier molecular flexibility index (Phi) is 4.50. The number of ether oxygens (including phenoxy) is 2. The number of carbonyl (C=O) groups excluding carboxylic acids is 1. The summed E-state index contributed by atoms with van der Waals surface area (Å²) in [7, 11) is 1.41. The Bertz CT molecular complexity index is 455. The SMILES string of the molecule is COc1nc(N)cc(=O)n1CCCOC(C)=O. The molecule has 17 heavy (non-hydrogen) atoms. The van der Waals surface area contributed by atoms with Gasteiger partial charge in [-0.1, -0.05) is 0 Å². The molecule has 1 heterocycles. The minimum absolute atomic E-state index is 0.114. The zero-order chi connectivity index (χ0) is 12.8. The Morgan fingerprint density at radius 3 is 2.88 bits per heavy atom. The average Bonchev–Trinajstić information content (AvgIpc) is 2.25. The Labute approximate surface area is 98.2 Å². The van der Waals surface area contributed by atoms with Crippen molar-refractivity contribution in [3.05, 3.63) is 16.4 Å². The van der Waals surface area contributed by atoms with Crippen LogP contribution >= 0.6 is 0 Å². The molecule has 2 N–H and O–H groups in total. The number of hydrogen-bond donors (Lipinski definition) is 1. The van der Waals surface area contributed by atoms with Gasteiger partial charge in [0.25, 0.3) is 5.56 Å². The van der Waals surface area contributed by atoms with E-state index in [0.717, 1.165) is 0 Å². The van der Waals surface area contributed by atoms with Crippen LogP contribution in [-0.2, 0) is 16.1 Å². The van der Waals surface area contributed by atoms with Gasteiger partial charge in [-0.05, 0) is 6.42 Å². The van der Waals surface area contributed by atoms with Crippen LogP contribution in [0.2, 0.25) is 0 Å². The van der Waals surface area contributed by atoms with Crippen molar-refractivity contribution in [1.29, 1.82) is 0 Å². The second-order valence-electron chi connectivity index (χ2n) is 3.35. The molecule has 1 rings (SSSR count). The van der Waals surface area contributed by atoms with Gasteiger partial charge in [-0.3, -0.25) is 14.2 Å². The Morgan fingerprint density at radius 2 is 2.29 bits per heavy atom. The monoisotopic (exact) mass is 241 g/mol. The van der Waals surface area contributed by atoms with Gasteiger partial charge in [0, 0.05) is 19.5 Å². The normalized spacial score (nSPS) is 10.0. The lowest BCUT2D eigenvalue weighted by Crippen LogP contribution is -2.23. The average molecular weight is 241 g/mol. The topological polar surface area (TPSA) is 96.4 Å². The fourth-order valence-corrected chi connectivity index (χ4v) is 1.30. The number of hydrogen-bond acceptors (Lipinski definition) is 6. The highest BCUT2D eigenvalue weighted by Gasteiger charge is 2.07. The standard InChI is InChI=1S/C10H15N3O4/c1-7(14)17-5-3-4-13-9(15)6-8(11)12-10(13)16-2/h6H,3-5,11H2,1-2H3. The van der Waals surface area contributed by atoms with E-state index in [-0.39, 0.29) is 30.0 Å². The highest BCUT2D eigenvalue weighted by Crippen LogP contribution is 2.06. The molecule has 94 valence electrons. The zero-order valence-electron chi connectivity index (χ0n) is 9.80. The van der Waals surface area contributed by atoms with Crippen LogP contribution in [0.4, 0.5) is 5.82 Å². The third kappa shape index (κ3) is 3.78. The lowest BCUT2D eigenvalue weighted by molar-refractivity contribution is -0.141. The Balaban J connectivity index is 2.70. The van der Waals surface area contributed by atoms with E-state index in [1.165, 1.54) is 24.7 Å². The molecule has 0 aromatic carbocycles. The van der Waals surface area contributed by atoms with Crippen LogP contribution in [0.15, 0.2) is 10.9 Å². The molecule has 0 radical (unpaired) electrons. The third-order valence-corrected chi connectivity index (χ3v) is 2.01.